The number of hydrogen-bond donors (Lipinski definition) is 1. The number of imide groups is 1. The number of aryl methyl sites for hydroxylation is 1. The summed E-state index contributed by atoms with van der Waals surface area (Å²) in [6, 6.07) is 12.1. The molecule has 2 aliphatic heterocycles. The van der Waals surface area contributed by atoms with E-state index in [4.69, 9.17) is 4.74 Å². The zero-order valence-electron chi connectivity index (χ0n) is 15.9. The van der Waals surface area contributed by atoms with Gasteiger partial charge < -0.3 is 10.1 Å². The van der Waals surface area contributed by atoms with E-state index in [1.54, 1.807) is 36.4 Å². The van der Waals surface area contributed by atoms with Gasteiger partial charge in [0.25, 0.3) is 11.8 Å². The lowest BCUT2D eigenvalue weighted by atomic mass is 10.1. The van der Waals surface area contributed by atoms with Crippen molar-refractivity contribution < 1.29 is 19.1 Å². The molecule has 1 saturated heterocycles. The Morgan fingerprint density at radius 1 is 1.14 bits per heavy atom. The third kappa shape index (κ3) is 3.42. The van der Waals surface area contributed by atoms with Gasteiger partial charge in [-0.15, -0.1) is 0 Å². The number of rotatable bonds is 5. The summed E-state index contributed by atoms with van der Waals surface area (Å²) in [6.07, 6.45) is 0. The zero-order valence-corrected chi connectivity index (χ0v) is 15.9. The topological polar surface area (TPSA) is 104 Å². The Bertz CT molecular complexity index is 1000. The maximum Gasteiger partial charge on any atom is 0.263 e. The van der Waals surface area contributed by atoms with Crippen LogP contribution in [0.15, 0.2) is 58.9 Å². The Morgan fingerprint density at radius 2 is 1.90 bits per heavy atom. The van der Waals surface area contributed by atoms with Crippen molar-refractivity contribution in [2.45, 2.75) is 19.0 Å². The van der Waals surface area contributed by atoms with Gasteiger partial charge in [0.05, 0.1) is 12.8 Å². The molecule has 0 spiro atoms. The molecule has 1 fully saturated rings. The van der Waals surface area contributed by atoms with Crippen LogP contribution in [0.3, 0.4) is 0 Å². The van der Waals surface area contributed by atoms with Crippen LogP contribution in [0.2, 0.25) is 0 Å². The molecule has 0 unspecified atom stereocenters. The number of amides is 3. The molecule has 2 atom stereocenters. The minimum atomic E-state index is -0.937. The number of ether oxygens (including phenoxy) is 1. The minimum absolute atomic E-state index is 0.206. The number of methoxy groups -OCH3 is 1. The quantitative estimate of drug-likeness (QED) is 0.782. The van der Waals surface area contributed by atoms with Crippen molar-refractivity contribution in [1.82, 2.24) is 5.01 Å². The molecule has 1 N–H and O–H groups in total. The summed E-state index contributed by atoms with van der Waals surface area (Å²) < 4.78 is 5.13. The average Bonchev–Trinajstić information content (AvgIpc) is 3.23. The molecule has 3 amide bonds. The van der Waals surface area contributed by atoms with E-state index in [1.165, 1.54) is 12.1 Å². The van der Waals surface area contributed by atoms with Crippen molar-refractivity contribution in [3.63, 3.8) is 0 Å². The monoisotopic (exact) mass is 393 g/mol. The molecule has 0 bridgehead atoms. The number of anilines is 2. The third-order valence-electron chi connectivity index (χ3n) is 4.81. The maximum atomic E-state index is 12.9. The summed E-state index contributed by atoms with van der Waals surface area (Å²) in [7, 11) is 1.54. The Hall–Kier alpha value is -3.75. The standard InChI is InChI=1S/C20H19N5O4/c1-12-6-8-14(9-7-12)25-19(27)17-18(20(25)28)24(23-22-17)11-16(26)21-13-4-3-5-15(10-13)29-2/h3-10,17-18H,11H2,1-2H3,(H,21,26)/t17-,18-/m0/s1. The van der Waals surface area contributed by atoms with Gasteiger partial charge in [-0.25, -0.2) is 4.90 Å². The van der Waals surface area contributed by atoms with Gasteiger partial charge in [0.2, 0.25) is 5.91 Å². The van der Waals surface area contributed by atoms with Gasteiger partial charge in [0.1, 0.15) is 12.3 Å². The molecule has 4 rings (SSSR count). The van der Waals surface area contributed by atoms with E-state index in [-0.39, 0.29) is 12.5 Å². The molecule has 148 valence electrons. The molecule has 2 aromatic carbocycles. The number of benzene rings is 2. The molecule has 29 heavy (non-hydrogen) atoms. The van der Waals surface area contributed by atoms with Crippen LogP contribution in [0.4, 0.5) is 11.4 Å². The predicted molar refractivity (Wildman–Crippen MR) is 104 cm³/mol. The fourth-order valence-corrected chi connectivity index (χ4v) is 3.35. The molecule has 2 heterocycles. The van der Waals surface area contributed by atoms with Crippen LogP contribution < -0.4 is 15.0 Å². The van der Waals surface area contributed by atoms with Gasteiger partial charge in [-0.05, 0) is 31.2 Å². The first-order valence-electron chi connectivity index (χ1n) is 9.04. The van der Waals surface area contributed by atoms with E-state index >= 15 is 0 Å². The summed E-state index contributed by atoms with van der Waals surface area (Å²) >= 11 is 0. The van der Waals surface area contributed by atoms with Gasteiger partial charge in [-0.2, -0.15) is 5.11 Å². The second kappa shape index (κ2) is 7.34. The molecule has 0 aromatic heterocycles. The van der Waals surface area contributed by atoms with E-state index in [1.807, 2.05) is 19.1 Å². The van der Waals surface area contributed by atoms with Gasteiger partial charge >= 0.3 is 0 Å². The van der Waals surface area contributed by atoms with Crippen molar-refractivity contribution in [3.05, 3.63) is 54.1 Å². The minimum Gasteiger partial charge on any atom is -0.497 e. The lowest BCUT2D eigenvalue weighted by molar-refractivity contribution is -0.123. The number of nitrogens with zero attached hydrogens (tertiary/aromatic N) is 4. The fourth-order valence-electron chi connectivity index (χ4n) is 3.35. The smallest absolute Gasteiger partial charge is 0.263 e. The summed E-state index contributed by atoms with van der Waals surface area (Å²) in [6.45, 7) is 1.71. The summed E-state index contributed by atoms with van der Waals surface area (Å²) in [5.74, 6) is -0.660. The van der Waals surface area contributed by atoms with E-state index in [9.17, 15) is 14.4 Å². The molecular formula is C20H19N5O4. The first-order chi connectivity index (χ1) is 14.0. The van der Waals surface area contributed by atoms with Crippen LogP contribution in [0.25, 0.3) is 0 Å². The lowest BCUT2D eigenvalue weighted by Crippen LogP contribution is -2.43. The van der Waals surface area contributed by atoms with E-state index < -0.39 is 23.9 Å². The van der Waals surface area contributed by atoms with Crippen molar-refractivity contribution >= 4 is 29.1 Å². The third-order valence-corrected chi connectivity index (χ3v) is 4.81. The molecule has 0 radical (unpaired) electrons. The fraction of sp³-hybridized carbons (Fsp3) is 0.250. The maximum absolute atomic E-state index is 12.9. The van der Waals surface area contributed by atoms with Crippen molar-refractivity contribution in [3.8, 4) is 5.75 Å². The molecule has 9 heteroatoms. The Balaban J connectivity index is 1.47. The number of hydrogen-bond acceptors (Lipinski definition) is 7. The van der Waals surface area contributed by atoms with Gasteiger partial charge in [0.15, 0.2) is 12.1 Å². The van der Waals surface area contributed by atoms with Crippen LogP contribution in [0.5, 0.6) is 5.75 Å². The Morgan fingerprint density at radius 3 is 2.62 bits per heavy atom. The van der Waals surface area contributed by atoms with Crippen LogP contribution >= 0.6 is 0 Å². The summed E-state index contributed by atoms with van der Waals surface area (Å²) in [5, 5.41) is 11.8. The van der Waals surface area contributed by atoms with E-state index in [0.29, 0.717) is 17.1 Å². The largest absolute Gasteiger partial charge is 0.497 e. The SMILES string of the molecule is COc1cccc(NC(=O)CN2N=N[C@@H]3C(=O)N(c4ccc(C)cc4)C(=O)[C@H]32)c1. The number of nitrogens with one attached hydrogen (secondary N) is 1. The Kier molecular flexibility index (Phi) is 4.71. The van der Waals surface area contributed by atoms with Gasteiger partial charge in [0, 0.05) is 11.8 Å². The first kappa shape index (κ1) is 18.6. The first-order valence-corrected chi connectivity index (χ1v) is 9.04. The second-order valence-corrected chi connectivity index (χ2v) is 6.82. The van der Waals surface area contributed by atoms with Crippen molar-refractivity contribution in [2.24, 2.45) is 10.3 Å². The predicted octanol–water partition coefficient (Wildman–Crippen LogP) is 1.94. The molecule has 9 nitrogen and oxygen atoms in total. The molecule has 0 saturated carbocycles. The highest BCUT2D eigenvalue weighted by Crippen LogP contribution is 2.31. The van der Waals surface area contributed by atoms with Crippen molar-refractivity contribution in [1.29, 1.82) is 0 Å². The van der Waals surface area contributed by atoms with Crippen LogP contribution in [-0.2, 0) is 14.4 Å². The second-order valence-electron chi connectivity index (χ2n) is 6.82. The number of carbonyl (C=O) groups excluding carboxylic acids is 3. The van der Waals surface area contributed by atoms with Crippen LogP contribution in [-0.4, -0.2) is 48.5 Å². The molecule has 2 aliphatic rings. The van der Waals surface area contributed by atoms with Crippen LogP contribution in [0, 0.1) is 6.92 Å². The van der Waals surface area contributed by atoms with E-state index in [2.05, 4.69) is 15.7 Å². The average molecular weight is 393 g/mol. The Labute approximate surface area is 166 Å². The highest BCUT2D eigenvalue weighted by Gasteiger charge is 2.55. The van der Waals surface area contributed by atoms with Gasteiger partial charge in [-0.3, -0.25) is 19.4 Å². The highest BCUT2D eigenvalue weighted by molar-refractivity contribution is 6.25. The van der Waals surface area contributed by atoms with Crippen LogP contribution in [0.1, 0.15) is 5.56 Å². The number of fused-ring (bicyclic) bond motifs is 1. The zero-order chi connectivity index (χ0) is 20.5. The number of carbonyl (C=O) groups is 3. The highest BCUT2D eigenvalue weighted by atomic mass is 16.5. The summed E-state index contributed by atoms with van der Waals surface area (Å²) in [5.41, 5.74) is 2.05. The summed E-state index contributed by atoms with van der Waals surface area (Å²) in [4.78, 5) is 39.1. The lowest BCUT2D eigenvalue weighted by Gasteiger charge is -2.20. The van der Waals surface area contributed by atoms with E-state index in [0.717, 1.165) is 10.5 Å². The van der Waals surface area contributed by atoms with Crippen molar-refractivity contribution in [2.75, 3.05) is 23.9 Å². The molecule has 0 aliphatic carbocycles. The molecular weight excluding hydrogens is 374 g/mol. The normalized spacial score (nSPS) is 20.2. The molecule has 2 aromatic rings. The van der Waals surface area contributed by atoms with Gasteiger partial charge in [-0.1, -0.05) is 29.0 Å².